The number of carbonyl (C=O) groups is 2. The van der Waals surface area contributed by atoms with Crippen LogP contribution in [0.5, 0.6) is 0 Å². The Balaban J connectivity index is 2.38. The molecule has 0 amide bonds. The highest BCUT2D eigenvalue weighted by Gasteiger charge is 2.22. The van der Waals surface area contributed by atoms with Crippen LogP contribution in [0.2, 0.25) is 0 Å². The molecule has 0 atom stereocenters. The molecule has 6 nitrogen and oxygen atoms in total. The molecule has 2 N–H and O–H groups in total. The summed E-state index contributed by atoms with van der Waals surface area (Å²) in [6, 6.07) is 10.3. The van der Waals surface area contributed by atoms with E-state index < -0.39 is 11.9 Å². The fourth-order valence-electron chi connectivity index (χ4n) is 2.37. The van der Waals surface area contributed by atoms with Crippen molar-refractivity contribution in [2.24, 2.45) is 0 Å². The van der Waals surface area contributed by atoms with Gasteiger partial charge in [0.05, 0.1) is 11.1 Å². The van der Waals surface area contributed by atoms with Gasteiger partial charge >= 0.3 is 11.9 Å². The molecule has 0 aliphatic carbocycles. The monoisotopic (exact) mass is 296 g/mol. The number of imidazole rings is 1. The first-order chi connectivity index (χ1) is 10.5. The number of aromatic nitrogens is 2. The number of hydrogen-bond donors (Lipinski definition) is 2. The average molecular weight is 296 g/mol. The molecule has 0 unspecified atom stereocenters. The summed E-state index contributed by atoms with van der Waals surface area (Å²) >= 11 is 0. The van der Waals surface area contributed by atoms with Crippen molar-refractivity contribution in [3.63, 3.8) is 0 Å². The lowest BCUT2D eigenvalue weighted by molar-refractivity contribution is 0.0691. The molecule has 0 saturated heterocycles. The molecule has 0 bridgehead atoms. The van der Waals surface area contributed by atoms with Crippen LogP contribution in [0.25, 0.3) is 16.9 Å². The van der Waals surface area contributed by atoms with Crippen LogP contribution in [0.15, 0.2) is 42.6 Å². The number of aryl methyl sites for hydroxylation is 1. The number of rotatable bonds is 3. The third-order valence-electron chi connectivity index (χ3n) is 3.41. The summed E-state index contributed by atoms with van der Waals surface area (Å²) in [7, 11) is 0. The van der Waals surface area contributed by atoms with Gasteiger partial charge in [0.1, 0.15) is 5.82 Å². The van der Waals surface area contributed by atoms with Crippen LogP contribution in [0.3, 0.4) is 0 Å². The van der Waals surface area contributed by atoms with E-state index in [1.54, 1.807) is 12.3 Å². The first-order valence-corrected chi connectivity index (χ1v) is 6.53. The topological polar surface area (TPSA) is 91.9 Å². The Morgan fingerprint density at radius 3 is 2.32 bits per heavy atom. The van der Waals surface area contributed by atoms with Gasteiger partial charge in [0.25, 0.3) is 0 Å². The molecule has 22 heavy (non-hydrogen) atoms. The highest BCUT2D eigenvalue weighted by atomic mass is 16.4. The van der Waals surface area contributed by atoms with E-state index >= 15 is 0 Å². The molecule has 1 aromatic carbocycles. The SMILES string of the molecule is Cc1ccc(-c2nc(C(=O)O)c3c(C(=O)O)cccn23)cc1. The van der Waals surface area contributed by atoms with Crippen LogP contribution in [-0.2, 0) is 0 Å². The van der Waals surface area contributed by atoms with E-state index in [2.05, 4.69) is 4.98 Å². The zero-order valence-electron chi connectivity index (χ0n) is 11.6. The van der Waals surface area contributed by atoms with Crippen molar-refractivity contribution in [2.75, 3.05) is 0 Å². The van der Waals surface area contributed by atoms with Gasteiger partial charge in [-0.3, -0.25) is 4.40 Å². The standard InChI is InChI=1S/C16H12N2O4/c1-9-4-6-10(7-5-9)14-17-12(16(21)22)13-11(15(19)20)3-2-8-18(13)14/h2-8H,1H3,(H,19,20)(H,21,22). The number of benzene rings is 1. The molecule has 0 fully saturated rings. The van der Waals surface area contributed by atoms with Crippen LogP contribution < -0.4 is 0 Å². The van der Waals surface area contributed by atoms with Gasteiger partial charge in [0.2, 0.25) is 0 Å². The Morgan fingerprint density at radius 2 is 1.73 bits per heavy atom. The fraction of sp³-hybridized carbons (Fsp3) is 0.0625. The van der Waals surface area contributed by atoms with Crippen LogP contribution >= 0.6 is 0 Å². The summed E-state index contributed by atoms with van der Waals surface area (Å²) in [5.41, 5.74) is 1.50. The van der Waals surface area contributed by atoms with E-state index in [4.69, 9.17) is 0 Å². The molecule has 0 saturated carbocycles. The zero-order chi connectivity index (χ0) is 15.9. The van der Waals surface area contributed by atoms with E-state index in [-0.39, 0.29) is 16.8 Å². The third kappa shape index (κ3) is 2.10. The Kier molecular flexibility index (Phi) is 3.14. The molecular weight excluding hydrogens is 284 g/mol. The van der Waals surface area contributed by atoms with Gasteiger partial charge in [0.15, 0.2) is 5.69 Å². The summed E-state index contributed by atoms with van der Waals surface area (Å²) in [6.45, 7) is 1.94. The molecular formula is C16H12N2O4. The molecule has 0 aliphatic rings. The van der Waals surface area contributed by atoms with Crippen LogP contribution in [0.4, 0.5) is 0 Å². The van der Waals surface area contributed by atoms with E-state index in [9.17, 15) is 19.8 Å². The summed E-state index contributed by atoms with van der Waals surface area (Å²) in [5, 5.41) is 18.6. The number of nitrogens with zero attached hydrogens (tertiary/aromatic N) is 2. The second-order valence-electron chi connectivity index (χ2n) is 4.90. The van der Waals surface area contributed by atoms with Gasteiger partial charge in [-0.25, -0.2) is 14.6 Å². The second-order valence-corrected chi connectivity index (χ2v) is 4.90. The van der Waals surface area contributed by atoms with E-state index in [1.165, 1.54) is 10.5 Å². The van der Waals surface area contributed by atoms with Crippen molar-refractivity contribution in [3.05, 3.63) is 59.4 Å². The molecule has 0 aliphatic heterocycles. The lowest BCUT2D eigenvalue weighted by atomic mass is 10.1. The maximum atomic E-state index is 11.4. The molecule has 0 spiro atoms. The van der Waals surface area contributed by atoms with Gasteiger partial charge in [-0.1, -0.05) is 29.8 Å². The van der Waals surface area contributed by atoms with Gasteiger partial charge in [-0.15, -0.1) is 0 Å². The quantitative estimate of drug-likeness (QED) is 0.775. The lowest BCUT2D eigenvalue weighted by Gasteiger charge is -2.03. The van der Waals surface area contributed by atoms with Crippen molar-refractivity contribution in [1.82, 2.24) is 9.38 Å². The number of fused-ring (bicyclic) bond motifs is 1. The average Bonchev–Trinajstić information content (AvgIpc) is 2.87. The summed E-state index contributed by atoms with van der Waals surface area (Å²) < 4.78 is 1.50. The van der Waals surface area contributed by atoms with E-state index in [0.29, 0.717) is 5.82 Å². The number of carboxylic acid groups (broad SMARTS) is 2. The Labute approximate surface area is 125 Å². The lowest BCUT2D eigenvalue weighted by Crippen LogP contribution is -2.04. The largest absolute Gasteiger partial charge is 0.478 e. The highest BCUT2D eigenvalue weighted by molar-refractivity contribution is 6.04. The molecule has 3 rings (SSSR count). The first kappa shape index (κ1) is 13.8. The second kappa shape index (κ2) is 5.00. The predicted octanol–water partition coefficient (Wildman–Crippen LogP) is 2.71. The van der Waals surface area contributed by atoms with Gasteiger partial charge < -0.3 is 10.2 Å². The highest BCUT2D eigenvalue weighted by Crippen LogP contribution is 2.25. The maximum absolute atomic E-state index is 11.4. The number of pyridine rings is 1. The third-order valence-corrected chi connectivity index (χ3v) is 3.41. The molecule has 2 aromatic heterocycles. The van der Waals surface area contributed by atoms with Crippen LogP contribution in [0, 0.1) is 6.92 Å². The minimum Gasteiger partial charge on any atom is -0.478 e. The summed E-state index contributed by atoms with van der Waals surface area (Å²) in [4.78, 5) is 26.9. The molecule has 3 aromatic rings. The van der Waals surface area contributed by atoms with Gasteiger partial charge in [-0.2, -0.15) is 0 Å². The number of hydrogen-bond acceptors (Lipinski definition) is 3. The predicted molar refractivity (Wildman–Crippen MR) is 79.3 cm³/mol. The zero-order valence-corrected chi connectivity index (χ0v) is 11.6. The normalized spacial score (nSPS) is 10.8. The Hall–Kier alpha value is -3.15. The Bertz CT molecular complexity index is 894. The minimum atomic E-state index is -1.26. The molecule has 0 radical (unpaired) electrons. The number of aromatic carboxylic acids is 2. The van der Waals surface area contributed by atoms with Crippen LogP contribution in [0.1, 0.15) is 26.4 Å². The Morgan fingerprint density at radius 1 is 1.05 bits per heavy atom. The van der Waals surface area contributed by atoms with Gasteiger partial charge in [0, 0.05) is 11.8 Å². The summed E-state index contributed by atoms with van der Waals surface area (Å²) in [5.74, 6) is -2.05. The first-order valence-electron chi connectivity index (χ1n) is 6.53. The van der Waals surface area contributed by atoms with E-state index in [0.717, 1.165) is 11.1 Å². The summed E-state index contributed by atoms with van der Waals surface area (Å²) in [6.07, 6.45) is 1.61. The van der Waals surface area contributed by atoms with Crippen LogP contribution in [-0.4, -0.2) is 31.5 Å². The molecule has 2 heterocycles. The fourth-order valence-corrected chi connectivity index (χ4v) is 2.37. The van der Waals surface area contributed by atoms with E-state index in [1.807, 2.05) is 31.2 Å². The van der Waals surface area contributed by atoms with Crippen molar-refractivity contribution in [3.8, 4) is 11.4 Å². The number of carboxylic acids is 2. The minimum absolute atomic E-state index is 0.0816. The van der Waals surface area contributed by atoms with Crippen molar-refractivity contribution < 1.29 is 19.8 Å². The smallest absolute Gasteiger partial charge is 0.356 e. The van der Waals surface area contributed by atoms with Crippen molar-refractivity contribution >= 4 is 17.5 Å². The van der Waals surface area contributed by atoms with Crippen molar-refractivity contribution in [2.45, 2.75) is 6.92 Å². The molecule has 6 heteroatoms. The van der Waals surface area contributed by atoms with Gasteiger partial charge in [-0.05, 0) is 19.1 Å². The van der Waals surface area contributed by atoms with Crippen molar-refractivity contribution in [1.29, 1.82) is 0 Å². The molecule has 110 valence electrons. The maximum Gasteiger partial charge on any atom is 0.356 e.